The molecule has 3 rings (SSSR count). The summed E-state index contributed by atoms with van der Waals surface area (Å²) in [5.74, 6) is 0.840. The van der Waals surface area contributed by atoms with Crippen molar-refractivity contribution < 1.29 is 4.84 Å². The average Bonchev–Trinajstić information content (AvgIpc) is 2.79. The van der Waals surface area contributed by atoms with Crippen molar-refractivity contribution in [2.45, 2.75) is 6.23 Å². The molecule has 0 amide bonds. The fraction of sp³-hybridized carbons (Fsp3) is 0.333. The summed E-state index contributed by atoms with van der Waals surface area (Å²) in [6, 6.07) is 3.90. The van der Waals surface area contributed by atoms with Gasteiger partial charge in [-0.05, 0) is 12.1 Å². The van der Waals surface area contributed by atoms with Crippen molar-refractivity contribution in [1.82, 2.24) is 15.4 Å². The zero-order valence-electron chi connectivity index (χ0n) is 7.55. The van der Waals surface area contributed by atoms with E-state index in [-0.39, 0.29) is 6.23 Å². The van der Waals surface area contributed by atoms with Gasteiger partial charge in [-0.25, -0.2) is 15.3 Å². The highest BCUT2D eigenvalue weighted by Crippen LogP contribution is 2.26. The van der Waals surface area contributed by atoms with Crippen LogP contribution in [0.3, 0.4) is 0 Å². The van der Waals surface area contributed by atoms with Crippen LogP contribution in [0.5, 0.6) is 0 Å². The highest BCUT2D eigenvalue weighted by molar-refractivity contribution is 5.82. The fourth-order valence-corrected chi connectivity index (χ4v) is 1.73. The average molecular weight is 190 g/mol. The molecular weight excluding hydrogens is 180 g/mol. The van der Waals surface area contributed by atoms with Crippen LogP contribution in [-0.2, 0) is 4.84 Å². The third-order valence-electron chi connectivity index (χ3n) is 2.41. The van der Waals surface area contributed by atoms with Gasteiger partial charge < -0.3 is 4.90 Å². The minimum Gasteiger partial charge on any atom is -0.308 e. The van der Waals surface area contributed by atoms with Gasteiger partial charge >= 0.3 is 0 Å². The molecule has 0 aromatic carbocycles. The summed E-state index contributed by atoms with van der Waals surface area (Å²) in [6.07, 6.45) is 3.48. The van der Waals surface area contributed by atoms with Gasteiger partial charge in [0.05, 0.1) is 6.54 Å². The van der Waals surface area contributed by atoms with Crippen molar-refractivity contribution >= 4 is 5.96 Å². The van der Waals surface area contributed by atoms with Crippen LogP contribution in [0.15, 0.2) is 29.5 Å². The SMILES string of the molecule is c1cc(C2ONC3=NCCN32)ccn1. The van der Waals surface area contributed by atoms with E-state index in [4.69, 9.17) is 4.84 Å². The molecule has 2 aliphatic rings. The molecule has 2 aliphatic heterocycles. The largest absolute Gasteiger partial charge is 0.308 e. The molecule has 1 atom stereocenters. The number of pyridine rings is 1. The molecule has 5 heteroatoms. The highest BCUT2D eigenvalue weighted by Gasteiger charge is 2.33. The van der Waals surface area contributed by atoms with Gasteiger partial charge in [-0.15, -0.1) is 0 Å². The smallest absolute Gasteiger partial charge is 0.221 e. The van der Waals surface area contributed by atoms with Crippen molar-refractivity contribution in [3.05, 3.63) is 30.1 Å². The van der Waals surface area contributed by atoms with Gasteiger partial charge in [0.1, 0.15) is 0 Å². The molecule has 0 radical (unpaired) electrons. The van der Waals surface area contributed by atoms with Gasteiger partial charge in [0, 0.05) is 24.5 Å². The zero-order chi connectivity index (χ0) is 9.38. The summed E-state index contributed by atoms with van der Waals surface area (Å²) in [5, 5.41) is 0. The number of nitrogens with zero attached hydrogens (tertiary/aromatic N) is 3. The molecule has 0 bridgehead atoms. The molecule has 1 aromatic heterocycles. The predicted octanol–water partition coefficient (Wildman–Crippen LogP) is 0.287. The van der Waals surface area contributed by atoms with Crippen LogP contribution in [0.4, 0.5) is 0 Å². The summed E-state index contributed by atoms with van der Waals surface area (Å²) < 4.78 is 0. The molecule has 0 saturated carbocycles. The second-order valence-electron chi connectivity index (χ2n) is 3.25. The molecular formula is C9H10N4O. The Labute approximate surface area is 81.4 Å². The Morgan fingerprint density at radius 1 is 1.43 bits per heavy atom. The van der Waals surface area contributed by atoms with Crippen LogP contribution < -0.4 is 5.48 Å². The van der Waals surface area contributed by atoms with Crippen molar-refractivity contribution in [2.75, 3.05) is 13.1 Å². The lowest BCUT2D eigenvalue weighted by Gasteiger charge is -2.18. The molecule has 1 N–H and O–H groups in total. The number of aromatic nitrogens is 1. The molecule has 5 nitrogen and oxygen atoms in total. The second-order valence-corrected chi connectivity index (χ2v) is 3.25. The summed E-state index contributed by atoms with van der Waals surface area (Å²) in [7, 11) is 0. The minimum atomic E-state index is -0.0563. The zero-order valence-corrected chi connectivity index (χ0v) is 7.55. The standard InChI is InChI=1S/C9H10N4O/c1-3-10-4-2-7(1)8-13-6-5-11-9(13)12-14-8/h1-4,8H,5-6H2,(H,11,12). The van der Waals surface area contributed by atoms with E-state index < -0.39 is 0 Å². The van der Waals surface area contributed by atoms with Crippen molar-refractivity contribution in [2.24, 2.45) is 4.99 Å². The van der Waals surface area contributed by atoms with Crippen LogP contribution in [0.2, 0.25) is 0 Å². The summed E-state index contributed by atoms with van der Waals surface area (Å²) in [4.78, 5) is 15.8. The van der Waals surface area contributed by atoms with Crippen LogP contribution >= 0.6 is 0 Å². The topological polar surface area (TPSA) is 49.8 Å². The van der Waals surface area contributed by atoms with Gasteiger partial charge in [-0.1, -0.05) is 0 Å². The van der Waals surface area contributed by atoms with E-state index in [2.05, 4.69) is 20.4 Å². The number of nitrogens with one attached hydrogen (secondary N) is 1. The highest BCUT2D eigenvalue weighted by atomic mass is 16.7. The number of aliphatic imine (C=N–C) groups is 1. The molecule has 1 unspecified atom stereocenters. The van der Waals surface area contributed by atoms with Crippen LogP contribution in [0.25, 0.3) is 0 Å². The Kier molecular flexibility index (Phi) is 1.63. The van der Waals surface area contributed by atoms with Gasteiger partial charge in [0.2, 0.25) is 5.96 Å². The molecule has 3 heterocycles. The first kappa shape index (κ1) is 7.75. The summed E-state index contributed by atoms with van der Waals surface area (Å²) in [5.41, 5.74) is 3.92. The van der Waals surface area contributed by atoms with Crippen LogP contribution in [0.1, 0.15) is 11.8 Å². The fourth-order valence-electron chi connectivity index (χ4n) is 1.73. The van der Waals surface area contributed by atoms with Crippen molar-refractivity contribution in [1.29, 1.82) is 0 Å². The number of guanidine groups is 1. The normalized spacial score (nSPS) is 24.4. The number of fused-ring (bicyclic) bond motifs is 1. The predicted molar refractivity (Wildman–Crippen MR) is 50.2 cm³/mol. The molecule has 1 aromatic rings. The van der Waals surface area contributed by atoms with E-state index in [9.17, 15) is 0 Å². The van der Waals surface area contributed by atoms with Crippen LogP contribution in [-0.4, -0.2) is 28.9 Å². The summed E-state index contributed by atoms with van der Waals surface area (Å²) >= 11 is 0. The molecule has 1 fully saturated rings. The van der Waals surface area contributed by atoms with E-state index >= 15 is 0 Å². The number of hydroxylamine groups is 1. The van der Waals surface area contributed by atoms with E-state index in [1.54, 1.807) is 12.4 Å². The minimum absolute atomic E-state index is 0.0563. The molecule has 72 valence electrons. The third-order valence-corrected chi connectivity index (χ3v) is 2.41. The number of hydrogen-bond donors (Lipinski definition) is 1. The second kappa shape index (κ2) is 2.95. The Bertz CT molecular complexity index is 364. The Morgan fingerprint density at radius 2 is 2.29 bits per heavy atom. The third kappa shape index (κ3) is 1.06. The van der Waals surface area contributed by atoms with Crippen LogP contribution in [0, 0.1) is 0 Å². The van der Waals surface area contributed by atoms with Gasteiger partial charge in [-0.2, -0.15) is 0 Å². The van der Waals surface area contributed by atoms with E-state index in [0.717, 1.165) is 24.6 Å². The Balaban J connectivity index is 1.91. The lowest BCUT2D eigenvalue weighted by atomic mass is 10.2. The number of rotatable bonds is 1. The van der Waals surface area contributed by atoms with Crippen molar-refractivity contribution in [3.8, 4) is 0 Å². The molecule has 1 saturated heterocycles. The van der Waals surface area contributed by atoms with Gasteiger partial charge in [0.25, 0.3) is 0 Å². The summed E-state index contributed by atoms with van der Waals surface area (Å²) in [6.45, 7) is 1.75. The van der Waals surface area contributed by atoms with E-state index in [0.29, 0.717) is 0 Å². The lowest BCUT2D eigenvalue weighted by molar-refractivity contribution is -0.0105. The Hall–Kier alpha value is -1.62. The molecule has 0 spiro atoms. The number of hydrogen-bond acceptors (Lipinski definition) is 5. The van der Waals surface area contributed by atoms with Crippen molar-refractivity contribution in [3.63, 3.8) is 0 Å². The maximum atomic E-state index is 5.42. The Morgan fingerprint density at radius 3 is 3.14 bits per heavy atom. The quantitative estimate of drug-likeness (QED) is 0.691. The lowest BCUT2D eigenvalue weighted by Crippen LogP contribution is -2.27. The first-order valence-electron chi connectivity index (χ1n) is 4.58. The van der Waals surface area contributed by atoms with Gasteiger partial charge in [-0.3, -0.25) is 4.98 Å². The first-order valence-corrected chi connectivity index (χ1v) is 4.58. The monoisotopic (exact) mass is 190 g/mol. The van der Waals surface area contributed by atoms with E-state index in [1.165, 1.54) is 0 Å². The maximum absolute atomic E-state index is 5.42. The molecule has 14 heavy (non-hydrogen) atoms. The molecule has 0 aliphatic carbocycles. The van der Waals surface area contributed by atoms with Gasteiger partial charge in [0.15, 0.2) is 6.23 Å². The first-order chi connectivity index (χ1) is 6.95. The van der Waals surface area contributed by atoms with E-state index in [1.807, 2.05) is 12.1 Å². The maximum Gasteiger partial charge on any atom is 0.221 e.